The molecule has 2 aromatic carbocycles. The monoisotopic (exact) mass is 403 g/mol. The fourth-order valence-electron chi connectivity index (χ4n) is 2.98. The van der Waals surface area contributed by atoms with Gasteiger partial charge in [-0.1, -0.05) is 11.3 Å². The number of benzene rings is 2. The number of sulfonamides is 1. The SMILES string of the molecule is COc1ccc2nc(NS(=O)(=O)c3ccc(N4CCCC4=O)cc3)sc2c1. The van der Waals surface area contributed by atoms with E-state index < -0.39 is 10.0 Å². The van der Waals surface area contributed by atoms with Gasteiger partial charge in [-0.25, -0.2) is 13.4 Å². The molecule has 0 spiro atoms. The molecule has 1 fully saturated rings. The van der Waals surface area contributed by atoms with Crippen LogP contribution in [0.1, 0.15) is 12.8 Å². The van der Waals surface area contributed by atoms with Gasteiger partial charge in [0.1, 0.15) is 5.75 Å². The smallest absolute Gasteiger partial charge is 0.263 e. The van der Waals surface area contributed by atoms with E-state index in [0.717, 1.165) is 11.1 Å². The molecule has 0 bridgehead atoms. The standard InChI is InChI=1S/C18H17N3O4S2/c1-25-13-6-9-15-16(11-13)26-18(19-15)20-27(23,24)14-7-4-12(5-8-14)21-10-2-3-17(21)22/h4-9,11H,2-3,10H2,1H3,(H,19,20). The van der Waals surface area contributed by atoms with Crippen LogP contribution in [-0.2, 0) is 14.8 Å². The van der Waals surface area contributed by atoms with E-state index in [1.165, 1.54) is 23.5 Å². The summed E-state index contributed by atoms with van der Waals surface area (Å²) in [6.07, 6.45) is 1.35. The van der Waals surface area contributed by atoms with Crippen molar-refractivity contribution in [3.05, 3.63) is 42.5 Å². The number of methoxy groups -OCH3 is 1. The van der Waals surface area contributed by atoms with Gasteiger partial charge in [0, 0.05) is 18.7 Å². The normalized spacial score (nSPS) is 14.7. The summed E-state index contributed by atoms with van der Waals surface area (Å²) in [6.45, 7) is 0.665. The van der Waals surface area contributed by atoms with Crippen LogP contribution in [0.5, 0.6) is 5.75 Å². The average Bonchev–Trinajstić information content (AvgIpc) is 3.26. The minimum absolute atomic E-state index is 0.0636. The third kappa shape index (κ3) is 3.47. The summed E-state index contributed by atoms with van der Waals surface area (Å²) in [5.74, 6) is 0.751. The summed E-state index contributed by atoms with van der Waals surface area (Å²) in [5.41, 5.74) is 1.41. The number of ether oxygens (including phenoxy) is 1. The number of amides is 1. The quantitative estimate of drug-likeness (QED) is 0.707. The molecule has 0 aliphatic carbocycles. The molecule has 0 radical (unpaired) electrons. The third-order valence-electron chi connectivity index (χ3n) is 4.35. The summed E-state index contributed by atoms with van der Waals surface area (Å²) in [6, 6.07) is 11.7. The van der Waals surface area contributed by atoms with Crippen LogP contribution in [0.25, 0.3) is 10.2 Å². The number of rotatable bonds is 5. The predicted molar refractivity (Wildman–Crippen MR) is 105 cm³/mol. The Morgan fingerprint density at radius 1 is 1.19 bits per heavy atom. The van der Waals surface area contributed by atoms with Gasteiger partial charge < -0.3 is 9.64 Å². The zero-order valence-corrected chi connectivity index (χ0v) is 16.1. The van der Waals surface area contributed by atoms with Gasteiger partial charge >= 0.3 is 0 Å². The van der Waals surface area contributed by atoms with E-state index in [2.05, 4.69) is 9.71 Å². The minimum Gasteiger partial charge on any atom is -0.497 e. The van der Waals surface area contributed by atoms with Gasteiger partial charge in [0.2, 0.25) is 5.91 Å². The molecule has 7 nitrogen and oxygen atoms in total. The van der Waals surface area contributed by atoms with E-state index in [4.69, 9.17) is 4.74 Å². The number of thiazole rings is 1. The predicted octanol–water partition coefficient (Wildman–Crippen LogP) is 3.23. The number of carbonyl (C=O) groups excluding carboxylic acids is 1. The highest BCUT2D eigenvalue weighted by molar-refractivity contribution is 7.93. The Kier molecular flexibility index (Phi) is 4.48. The molecule has 4 rings (SSSR count). The Morgan fingerprint density at radius 2 is 1.96 bits per heavy atom. The van der Waals surface area contributed by atoms with Crippen LogP contribution in [0.4, 0.5) is 10.8 Å². The Bertz CT molecular complexity index is 1110. The number of fused-ring (bicyclic) bond motifs is 1. The first-order chi connectivity index (χ1) is 13.0. The van der Waals surface area contributed by atoms with E-state index in [1.807, 2.05) is 6.07 Å². The molecule has 0 saturated carbocycles. The highest BCUT2D eigenvalue weighted by Crippen LogP contribution is 2.31. The van der Waals surface area contributed by atoms with Gasteiger partial charge in [0.15, 0.2) is 5.13 Å². The van der Waals surface area contributed by atoms with Crippen molar-refractivity contribution in [3.8, 4) is 5.75 Å². The number of carbonyl (C=O) groups is 1. The first kappa shape index (κ1) is 17.7. The summed E-state index contributed by atoms with van der Waals surface area (Å²) in [4.78, 5) is 17.9. The lowest BCUT2D eigenvalue weighted by Crippen LogP contribution is -2.23. The summed E-state index contributed by atoms with van der Waals surface area (Å²) in [5, 5.41) is 0.289. The van der Waals surface area contributed by atoms with Crippen LogP contribution >= 0.6 is 11.3 Å². The molecule has 2 heterocycles. The number of anilines is 2. The molecule has 1 N–H and O–H groups in total. The van der Waals surface area contributed by atoms with Gasteiger partial charge in [0.05, 0.1) is 22.2 Å². The molecule has 1 aliphatic rings. The fourth-order valence-corrected chi connectivity index (χ4v) is 5.11. The average molecular weight is 403 g/mol. The van der Waals surface area contributed by atoms with E-state index in [1.54, 1.807) is 36.3 Å². The molecule has 0 atom stereocenters. The lowest BCUT2D eigenvalue weighted by molar-refractivity contribution is -0.117. The van der Waals surface area contributed by atoms with Crippen molar-refractivity contribution >= 4 is 48.3 Å². The number of nitrogens with one attached hydrogen (secondary N) is 1. The number of hydrogen-bond acceptors (Lipinski definition) is 6. The van der Waals surface area contributed by atoms with E-state index in [-0.39, 0.29) is 15.9 Å². The zero-order chi connectivity index (χ0) is 19.0. The number of hydrogen-bond donors (Lipinski definition) is 1. The lowest BCUT2D eigenvalue weighted by Gasteiger charge is -2.16. The van der Waals surface area contributed by atoms with Crippen molar-refractivity contribution in [2.75, 3.05) is 23.3 Å². The van der Waals surface area contributed by atoms with Gasteiger partial charge in [0.25, 0.3) is 10.0 Å². The van der Waals surface area contributed by atoms with Crippen LogP contribution < -0.4 is 14.4 Å². The molecule has 1 saturated heterocycles. The maximum absolute atomic E-state index is 12.6. The Balaban J connectivity index is 1.57. The zero-order valence-electron chi connectivity index (χ0n) is 14.5. The van der Waals surface area contributed by atoms with Crippen LogP contribution in [0, 0.1) is 0 Å². The van der Waals surface area contributed by atoms with Crippen LogP contribution in [0.2, 0.25) is 0 Å². The van der Waals surface area contributed by atoms with Crippen molar-refractivity contribution in [1.82, 2.24) is 4.98 Å². The van der Waals surface area contributed by atoms with Crippen molar-refractivity contribution in [1.29, 1.82) is 0 Å². The Hall–Kier alpha value is -2.65. The summed E-state index contributed by atoms with van der Waals surface area (Å²) in [7, 11) is -2.19. The highest BCUT2D eigenvalue weighted by atomic mass is 32.2. The van der Waals surface area contributed by atoms with Gasteiger partial charge in [-0.3, -0.25) is 9.52 Å². The molecule has 3 aromatic rings. The molecule has 1 amide bonds. The van der Waals surface area contributed by atoms with E-state index in [0.29, 0.717) is 29.9 Å². The van der Waals surface area contributed by atoms with E-state index in [9.17, 15) is 13.2 Å². The maximum Gasteiger partial charge on any atom is 0.263 e. The van der Waals surface area contributed by atoms with Crippen LogP contribution in [0.3, 0.4) is 0 Å². The Labute approximate surface area is 160 Å². The minimum atomic E-state index is -3.77. The van der Waals surface area contributed by atoms with E-state index >= 15 is 0 Å². The molecule has 0 unspecified atom stereocenters. The van der Waals surface area contributed by atoms with Crippen molar-refractivity contribution < 1.29 is 17.9 Å². The first-order valence-corrected chi connectivity index (χ1v) is 10.6. The molecular formula is C18H17N3O4S2. The van der Waals surface area contributed by atoms with Crippen molar-refractivity contribution in [3.63, 3.8) is 0 Å². The fraction of sp³-hybridized carbons (Fsp3) is 0.222. The second kappa shape index (κ2) is 6.82. The molecule has 1 aromatic heterocycles. The molecule has 9 heteroatoms. The number of aromatic nitrogens is 1. The second-order valence-corrected chi connectivity index (χ2v) is 8.81. The van der Waals surface area contributed by atoms with Crippen LogP contribution in [-0.4, -0.2) is 33.0 Å². The van der Waals surface area contributed by atoms with Crippen molar-refractivity contribution in [2.24, 2.45) is 0 Å². The second-order valence-electron chi connectivity index (χ2n) is 6.10. The van der Waals surface area contributed by atoms with Gasteiger partial charge in [-0.15, -0.1) is 0 Å². The van der Waals surface area contributed by atoms with Gasteiger partial charge in [-0.05, 0) is 48.9 Å². The number of nitrogens with zero attached hydrogens (tertiary/aromatic N) is 2. The van der Waals surface area contributed by atoms with Crippen molar-refractivity contribution in [2.45, 2.75) is 17.7 Å². The maximum atomic E-state index is 12.6. The molecule has 27 heavy (non-hydrogen) atoms. The first-order valence-electron chi connectivity index (χ1n) is 8.34. The Morgan fingerprint density at radius 3 is 2.63 bits per heavy atom. The summed E-state index contributed by atoms with van der Waals surface area (Å²) < 4.78 is 33.8. The third-order valence-corrected chi connectivity index (χ3v) is 6.77. The van der Waals surface area contributed by atoms with Crippen LogP contribution in [0.15, 0.2) is 47.4 Å². The molecule has 1 aliphatic heterocycles. The lowest BCUT2D eigenvalue weighted by atomic mass is 10.3. The topological polar surface area (TPSA) is 88.6 Å². The molecular weight excluding hydrogens is 386 g/mol. The van der Waals surface area contributed by atoms with Gasteiger partial charge in [-0.2, -0.15) is 0 Å². The largest absolute Gasteiger partial charge is 0.497 e. The highest BCUT2D eigenvalue weighted by Gasteiger charge is 2.23. The molecule has 140 valence electrons. The summed E-state index contributed by atoms with van der Waals surface area (Å²) >= 11 is 1.24.